The van der Waals surface area contributed by atoms with Crippen LogP contribution in [0.15, 0.2) is 130 Å². The fourth-order valence-corrected chi connectivity index (χ4v) is 6.48. The van der Waals surface area contributed by atoms with Crippen LogP contribution in [0.3, 0.4) is 0 Å². The third-order valence-corrected chi connectivity index (χ3v) is 8.23. The van der Waals surface area contributed by atoms with Gasteiger partial charge in [-0.1, -0.05) is 72.8 Å². The van der Waals surface area contributed by atoms with Gasteiger partial charge in [0.15, 0.2) is 5.69 Å². The van der Waals surface area contributed by atoms with E-state index >= 15 is 0 Å². The van der Waals surface area contributed by atoms with E-state index in [1.807, 2.05) is 42.5 Å². The fraction of sp³-hybridized carbons (Fsp3) is 0. The highest BCUT2D eigenvalue weighted by atomic mass is 16.3. The van der Waals surface area contributed by atoms with E-state index < -0.39 is 0 Å². The van der Waals surface area contributed by atoms with Crippen LogP contribution in [-0.2, 0) is 0 Å². The fourth-order valence-electron chi connectivity index (χ4n) is 6.48. The zero-order valence-electron chi connectivity index (χ0n) is 21.8. The Morgan fingerprint density at radius 1 is 0.537 bits per heavy atom. The highest BCUT2D eigenvalue weighted by Gasteiger charge is 2.20. The Balaban J connectivity index is 1.38. The average Bonchev–Trinajstić information content (AvgIpc) is 3.69. The molecule has 4 heteroatoms. The molecule has 3 heterocycles. The molecule has 0 bridgehead atoms. The van der Waals surface area contributed by atoms with Crippen LogP contribution < -0.4 is 0 Å². The number of aromatic nitrogens is 1. The molecule has 190 valence electrons. The largest absolute Gasteiger partial charge is 0.456 e. The van der Waals surface area contributed by atoms with E-state index in [-0.39, 0.29) is 0 Å². The van der Waals surface area contributed by atoms with Crippen LogP contribution in [0.1, 0.15) is 0 Å². The van der Waals surface area contributed by atoms with Gasteiger partial charge in [-0.3, -0.25) is 0 Å². The molecule has 0 saturated carbocycles. The molecule has 0 N–H and O–H groups in total. The molecule has 4 nitrogen and oxygen atoms in total. The first kappa shape index (κ1) is 22.1. The Labute approximate surface area is 234 Å². The van der Waals surface area contributed by atoms with E-state index in [4.69, 9.17) is 15.4 Å². The summed E-state index contributed by atoms with van der Waals surface area (Å²) in [6.07, 6.45) is 0. The summed E-state index contributed by atoms with van der Waals surface area (Å²) in [4.78, 5) is 3.98. The van der Waals surface area contributed by atoms with Gasteiger partial charge in [0.1, 0.15) is 22.3 Å². The minimum Gasteiger partial charge on any atom is -0.456 e. The molecule has 0 unspecified atom stereocenters. The van der Waals surface area contributed by atoms with Crippen LogP contribution in [0.25, 0.3) is 87.3 Å². The second-order valence-electron chi connectivity index (χ2n) is 10.4. The van der Waals surface area contributed by atoms with Crippen molar-refractivity contribution in [3.05, 3.63) is 133 Å². The third-order valence-electron chi connectivity index (χ3n) is 8.23. The number of benzene rings is 6. The maximum atomic E-state index is 8.10. The van der Waals surface area contributed by atoms with Crippen molar-refractivity contribution >= 4 is 71.4 Å². The van der Waals surface area contributed by atoms with Crippen molar-refractivity contribution in [1.82, 2.24) is 4.57 Å². The molecule has 41 heavy (non-hydrogen) atoms. The normalized spacial score (nSPS) is 11.9. The summed E-state index contributed by atoms with van der Waals surface area (Å²) in [5.74, 6) is 0. The summed E-state index contributed by atoms with van der Waals surface area (Å²) in [5.41, 5.74) is 8.88. The zero-order valence-corrected chi connectivity index (χ0v) is 21.8. The number of hydrogen-bond donors (Lipinski definition) is 0. The first-order valence-corrected chi connectivity index (χ1v) is 13.6. The summed E-state index contributed by atoms with van der Waals surface area (Å²) in [5, 5.41) is 6.44. The molecule has 0 fully saturated rings. The molecular weight excluding hydrogens is 504 g/mol. The first-order chi connectivity index (χ1) is 20.3. The molecule has 0 atom stereocenters. The van der Waals surface area contributed by atoms with E-state index in [0.29, 0.717) is 5.69 Å². The summed E-state index contributed by atoms with van der Waals surface area (Å²) < 4.78 is 15.0. The van der Waals surface area contributed by atoms with Gasteiger partial charge >= 0.3 is 0 Å². The highest BCUT2D eigenvalue weighted by molar-refractivity contribution is 6.22. The van der Waals surface area contributed by atoms with Crippen LogP contribution in [0.4, 0.5) is 5.69 Å². The summed E-state index contributed by atoms with van der Waals surface area (Å²) in [6, 6.07) is 41.3. The van der Waals surface area contributed by atoms with Crippen LogP contribution in [0.5, 0.6) is 0 Å². The van der Waals surface area contributed by atoms with E-state index in [1.54, 1.807) is 0 Å². The Morgan fingerprint density at radius 3 is 2.00 bits per heavy atom. The summed E-state index contributed by atoms with van der Waals surface area (Å²) in [6.45, 7) is 8.10. The van der Waals surface area contributed by atoms with E-state index in [0.717, 1.165) is 71.7 Å². The van der Waals surface area contributed by atoms with Gasteiger partial charge in [-0.25, -0.2) is 4.85 Å². The lowest BCUT2D eigenvalue weighted by atomic mass is 9.98. The lowest BCUT2D eigenvalue weighted by molar-refractivity contribution is 0.663. The van der Waals surface area contributed by atoms with E-state index in [1.165, 1.54) is 10.8 Å². The summed E-state index contributed by atoms with van der Waals surface area (Å²) >= 11 is 0. The smallest absolute Gasteiger partial charge is 0.196 e. The minimum absolute atomic E-state index is 0.602. The van der Waals surface area contributed by atoms with Crippen molar-refractivity contribution in [2.24, 2.45) is 0 Å². The molecule has 9 aromatic rings. The van der Waals surface area contributed by atoms with Crippen molar-refractivity contribution in [2.75, 3.05) is 0 Å². The summed E-state index contributed by atoms with van der Waals surface area (Å²) in [7, 11) is 0. The number of furan rings is 2. The number of hydrogen-bond acceptors (Lipinski definition) is 2. The third kappa shape index (κ3) is 2.98. The maximum Gasteiger partial charge on any atom is 0.196 e. The number of para-hydroxylation sites is 3. The standard InChI is InChI=1S/C37H20N2O2/c1-38-28-12-8-15-31(39-29-13-5-2-9-23(29)24-10-3-6-14-30(24)39)35(28)22-17-19-33-27(21-22)36-34(40-33)20-18-26-25-11-4-7-16-32(25)41-37(26)36/h2-21H. The molecule has 0 aliphatic carbocycles. The van der Waals surface area contributed by atoms with Gasteiger partial charge < -0.3 is 13.4 Å². The van der Waals surface area contributed by atoms with Gasteiger partial charge in [-0.15, -0.1) is 0 Å². The van der Waals surface area contributed by atoms with Gasteiger partial charge in [0.2, 0.25) is 0 Å². The number of fused-ring (bicyclic) bond motifs is 10. The van der Waals surface area contributed by atoms with Gasteiger partial charge in [-0.05, 0) is 54.1 Å². The molecule has 0 aliphatic heterocycles. The molecule has 0 aliphatic rings. The van der Waals surface area contributed by atoms with E-state index in [2.05, 4.69) is 88.3 Å². The Bertz CT molecular complexity index is 2500. The first-order valence-electron chi connectivity index (χ1n) is 13.6. The average molecular weight is 525 g/mol. The van der Waals surface area contributed by atoms with Crippen molar-refractivity contribution in [3.63, 3.8) is 0 Å². The van der Waals surface area contributed by atoms with Crippen LogP contribution >= 0.6 is 0 Å². The molecule has 0 saturated heterocycles. The van der Waals surface area contributed by atoms with Gasteiger partial charge in [0, 0.05) is 38.2 Å². The maximum absolute atomic E-state index is 8.10. The van der Waals surface area contributed by atoms with E-state index in [9.17, 15) is 0 Å². The van der Waals surface area contributed by atoms with Crippen molar-refractivity contribution < 1.29 is 8.83 Å². The molecular formula is C37H20N2O2. The monoisotopic (exact) mass is 524 g/mol. The predicted molar refractivity (Wildman–Crippen MR) is 167 cm³/mol. The Morgan fingerprint density at radius 2 is 1.22 bits per heavy atom. The lowest BCUT2D eigenvalue weighted by Gasteiger charge is -2.16. The Hall–Kier alpha value is -5.79. The van der Waals surface area contributed by atoms with Gasteiger partial charge in [0.05, 0.1) is 23.0 Å². The minimum atomic E-state index is 0.602. The molecule has 0 spiro atoms. The van der Waals surface area contributed by atoms with Crippen molar-refractivity contribution in [1.29, 1.82) is 0 Å². The Kier molecular flexibility index (Phi) is 4.37. The van der Waals surface area contributed by atoms with Crippen molar-refractivity contribution in [2.45, 2.75) is 0 Å². The number of nitrogens with zero attached hydrogens (tertiary/aromatic N) is 2. The predicted octanol–water partition coefficient (Wildman–Crippen LogP) is 10.8. The van der Waals surface area contributed by atoms with Crippen LogP contribution in [0.2, 0.25) is 0 Å². The molecule has 0 amide bonds. The zero-order chi connectivity index (χ0) is 27.1. The lowest BCUT2D eigenvalue weighted by Crippen LogP contribution is -1.97. The second-order valence-corrected chi connectivity index (χ2v) is 10.4. The van der Waals surface area contributed by atoms with Gasteiger partial charge in [-0.2, -0.15) is 0 Å². The molecule has 6 aromatic carbocycles. The molecule has 0 radical (unpaired) electrons. The van der Waals surface area contributed by atoms with Crippen LogP contribution in [-0.4, -0.2) is 4.57 Å². The quantitative estimate of drug-likeness (QED) is 0.211. The van der Waals surface area contributed by atoms with Crippen molar-refractivity contribution in [3.8, 4) is 16.8 Å². The molecule has 9 rings (SSSR count). The molecule has 3 aromatic heterocycles. The van der Waals surface area contributed by atoms with Gasteiger partial charge in [0.25, 0.3) is 0 Å². The van der Waals surface area contributed by atoms with Crippen LogP contribution in [0, 0.1) is 6.57 Å². The SMILES string of the molecule is [C-]#[N+]c1cccc(-n2c3ccccc3c3ccccc32)c1-c1ccc2oc3ccc4c5ccccc5oc4c3c2c1. The topological polar surface area (TPSA) is 35.6 Å². The highest BCUT2D eigenvalue weighted by Crippen LogP contribution is 2.44. The number of rotatable bonds is 2. The second kappa shape index (κ2) is 8.11.